The highest BCUT2D eigenvalue weighted by atomic mass is 35.5. The smallest absolute Gasteiger partial charge is 0.255 e. The number of nitrogens with zero attached hydrogens (tertiary/aromatic N) is 7. The van der Waals surface area contributed by atoms with Crippen LogP contribution in [0.25, 0.3) is 0 Å². The van der Waals surface area contributed by atoms with Gasteiger partial charge in [-0.15, -0.1) is 10.2 Å². The van der Waals surface area contributed by atoms with Crippen LogP contribution in [0.3, 0.4) is 0 Å². The zero-order valence-electron chi connectivity index (χ0n) is 28.6. The molecule has 1 spiro atoms. The van der Waals surface area contributed by atoms with Crippen LogP contribution in [-0.2, 0) is 16.8 Å². The number of nitrogens with one attached hydrogen (secondary N) is 4. The first-order valence-corrected chi connectivity index (χ1v) is 17.2. The largest absolute Gasteiger partial charge is 0.358 e. The molecule has 2 saturated heterocycles. The Morgan fingerprint density at radius 1 is 1.06 bits per heavy atom. The van der Waals surface area contributed by atoms with Gasteiger partial charge in [0.1, 0.15) is 17.5 Å². The van der Waals surface area contributed by atoms with Gasteiger partial charge >= 0.3 is 0 Å². The number of halogens is 1. The number of carbonyl (C=O) groups is 2. The standard InChI is InChI=1S/C32H47ClN14O3/c1-4-31(5-2,6-3)22-9-7-8-20(16-22)17-46-18-21(10-11-23(46)48)29(50)45-14-12-32(13-15-45)19-47(36)30(40-32)39-28(49)24-26(41-43-34)38-27(42-44-35)25(33)37-24/h7-11,16,18,24,26,30,37-38,40H,4-6,12-15,17,19,36H2,1-3H3,(H2,34,41)(H2,35,42)(H,39,49). The van der Waals surface area contributed by atoms with E-state index < -0.39 is 29.9 Å². The quantitative estimate of drug-likeness (QED) is 0.0766. The SMILES string of the molecule is CCC(CC)(CC)c1cccc(Cn2cc(C(=O)N3CCC4(CC3)CN(N)C(NC(=O)C3NC(Cl)=C(N=NN)NC3N=NN)N4)ccc2=O)c1. The Labute approximate surface area is 295 Å². The van der Waals surface area contributed by atoms with Crippen molar-refractivity contribution in [2.24, 2.45) is 38.2 Å². The number of hydrogen-bond acceptors (Lipinski definition) is 12. The third kappa shape index (κ3) is 7.60. The van der Waals surface area contributed by atoms with Gasteiger partial charge in [0.05, 0.1) is 12.1 Å². The molecule has 0 aliphatic carbocycles. The minimum atomic E-state index is -1.01. The van der Waals surface area contributed by atoms with Crippen molar-refractivity contribution >= 4 is 23.4 Å². The summed E-state index contributed by atoms with van der Waals surface area (Å²) in [5.74, 6) is 16.2. The molecule has 5 rings (SSSR count). The van der Waals surface area contributed by atoms with Crippen LogP contribution < -0.4 is 44.4 Å². The van der Waals surface area contributed by atoms with Crippen molar-refractivity contribution in [2.75, 3.05) is 19.6 Å². The first-order valence-electron chi connectivity index (χ1n) is 16.8. The first kappa shape index (κ1) is 36.7. The van der Waals surface area contributed by atoms with E-state index in [9.17, 15) is 14.4 Å². The number of hydrogen-bond donors (Lipinski definition) is 7. The van der Waals surface area contributed by atoms with Crippen molar-refractivity contribution < 1.29 is 9.59 Å². The second-order valence-corrected chi connectivity index (χ2v) is 13.4. The van der Waals surface area contributed by atoms with Crippen LogP contribution in [0.5, 0.6) is 0 Å². The van der Waals surface area contributed by atoms with Crippen LogP contribution >= 0.6 is 11.6 Å². The summed E-state index contributed by atoms with van der Waals surface area (Å²) < 4.78 is 1.60. The summed E-state index contributed by atoms with van der Waals surface area (Å²) in [7, 11) is 0. The molecule has 2 aromatic rings. The number of likely N-dealkylation sites (tertiary alicyclic amines) is 1. The Kier molecular flexibility index (Phi) is 11.4. The summed E-state index contributed by atoms with van der Waals surface area (Å²) in [5, 5.41) is 27.5. The van der Waals surface area contributed by atoms with Gasteiger partial charge in [-0.25, -0.2) is 5.01 Å². The summed E-state index contributed by atoms with van der Waals surface area (Å²) in [4.78, 5) is 41.7. The molecule has 270 valence electrons. The molecule has 3 unspecified atom stereocenters. The van der Waals surface area contributed by atoms with Crippen LogP contribution in [0.2, 0.25) is 0 Å². The molecular weight excluding hydrogens is 664 g/mol. The number of nitrogens with two attached hydrogens (primary N) is 3. The summed E-state index contributed by atoms with van der Waals surface area (Å²) in [6, 6.07) is 10.5. The average molecular weight is 711 g/mol. The highest BCUT2D eigenvalue weighted by molar-refractivity contribution is 6.29. The topological polar surface area (TPSA) is 238 Å². The fourth-order valence-corrected chi connectivity index (χ4v) is 7.45. The summed E-state index contributed by atoms with van der Waals surface area (Å²) >= 11 is 6.21. The van der Waals surface area contributed by atoms with E-state index in [1.807, 2.05) is 12.1 Å². The fraction of sp³-hybridized carbons (Fsp3) is 0.531. The molecule has 0 radical (unpaired) electrons. The van der Waals surface area contributed by atoms with Crippen molar-refractivity contribution in [3.63, 3.8) is 0 Å². The lowest BCUT2D eigenvalue weighted by atomic mass is 9.73. The van der Waals surface area contributed by atoms with Crippen LogP contribution in [0.15, 0.2) is 79.0 Å². The van der Waals surface area contributed by atoms with Crippen molar-refractivity contribution in [1.82, 2.24) is 35.7 Å². The Morgan fingerprint density at radius 3 is 2.44 bits per heavy atom. The molecule has 4 heterocycles. The second-order valence-electron chi connectivity index (χ2n) is 13.0. The number of aromatic nitrogens is 1. The Morgan fingerprint density at radius 2 is 1.78 bits per heavy atom. The first-order chi connectivity index (χ1) is 24.0. The average Bonchev–Trinajstić information content (AvgIpc) is 3.41. The van der Waals surface area contributed by atoms with Gasteiger partial charge in [-0.05, 0) is 54.7 Å². The molecule has 50 heavy (non-hydrogen) atoms. The van der Waals surface area contributed by atoms with E-state index in [0.717, 1.165) is 24.8 Å². The van der Waals surface area contributed by atoms with Crippen LogP contribution in [0.1, 0.15) is 74.4 Å². The van der Waals surface area contributed by atoms with E-state index in [1.54, 1.807) is 21.7 Å². The van der Waals surface area contributed by atoms with Gasteiger partial charge in [0.25, 0.3) is 11.5 Å². The lowest BCUT2D eigenvalue weighted by Gasteiger charge is -2.39. The van der Waals surface area contributed by atoms with Crippen LogP contribution in [0, 0.1) is 0 Å². The third-order valence-corrected chi connectivity index (χ3v) is 10.7. The Bertz CT molecular complexity index is 1690. The number of rotatable bonds is 11. The zero-order chi connectivity index (χ0) is 36.1. The Hall–Kier alpha value is -4.58. The minimum absolute atomic E-state index is 0.00640. The van der Waals surface area contributed by atoms with Gasteiger partial charge in [-0.1, -0.05) is 67.1 Å². The lowest BCUT2D eigenvalue weighted by Crippen LogP contribution is -2.63. The lowest BCUT2D eigenvalue weighted by molar-refractivity contribution is -0.125. The van der Waals surface area contributed by atoms with Gasteiger partial charge in [0, 0.05) is 37.4 Å². The number of hydrazine groups is 1. The van der Waals surface area contributed by atoms with E-state index in [1.165, 1.54) is 16.6 Å². The maximum absolute atomic E-state index is 13.7. The maximum atomic E-state index is 13.7. The molecule has 2 amide bonds. The summed E-state index contributed by atoms with van der Waals surface area (Å²) in [6.45, 7) is 8.38. The van der Waals surface area contributed by atoms with Crippen LogP contribution in [-0.4, -0.2) is 70.0 Å². The molecule has 0 saturated carbocycles. The van der Waals surface area contributed by atoms with Gasteiger partial charge in [-0.3, -0.25) is 25.5 Å². The molecule has 10 N–H and O–H groups in total. The van der Waals surface area contributed by atoms with Crippen molar-refractivity contribution in [3.05, 3.63) is 80.6 Å². The zero-order valence-corrected chi connectivity index (χ0v) is 29.4. The monoisotopic (exact) mass is 710 g/mol. The molecule has 2 fully saturated rings. The highest BCUT2D eigenvalue weighted by Crippen LogP contribution is 2.35. The van der Waals surface area contributed by atoms with Gasteiger partial charge in [0.2, 0.25) is 5.91 Å². The molecule has 1 aromatic heterocycles. The van der Waals surface area contributed by atoms with E-state index in [2.05, 4.69) is 74.8 Å². The van der Waals surface area contributed by atoms with Crippen molar-refractivity contribution in [1.29, 1.82) is 0 Å². The number of benzene rings is 1. The molecule has 1 aromatic carbocycles. The van der Waals surface area contributed by atoms with E-state index >= 15 is 0 Å². The van der Waals surface area contributed by atoms with E-state index in [4.69, 9.17) is 29.1 Å². The molecule has 3 aliphatic rings. The number of carbonyl (C=O) groups excluding carboxylic acids is 2. The fourth-order valence-electron chi connectivity index (χ4n) is 7.24. The van der Waals surface area contributed by atoms with Crippen LogP contribution in [0.4, 0.5) is 0 Å². The second kappa shape index (κ2) is 15.5. The van der Waals surface area contributed by atoms with Gasteiger partial charge in [-0.2, -0.15) is 0 Å². The van der Waals surface area contributed by atoms with Gasteiger partial charge < -0.3 is 37.1 Å². The molecule has 3 aliphatic heterocycles. The summed E-state index contributed by atoms with van der Waals surface area (Å²) in [6.07, 6.45) is 4.28. The summed E-state index contributed by atoms with van der Waals surface area (Å²) in [5.41, 5.74) is 2.24. The Balaban J connectivity index is 1.21. The van der Waals surface area contributed by atoms with E-state index in [0.29, 0.717) is 44.6 Å². The molecule has 17 nitrogen and oxygen atoms in total. The third-order valence-electron chi connectivity index (χ3n) is 10.4. The highest BCUT2D eigenvalue weighted by Gasteiger charge is 2.46. The number of piperidine rings is 1. The van der Waals surface area contributed by atoms with Crippen molar-refractivity contribution in [2.45, 2.75) is 88.9 Å². The molecule has 0 bridgehead atoms. The van der Waals surface area contributed by atoms with Crippen molar-refractivity contribution in [3.8, 4) is 0 Å². The normalized spacial score (nSPS) is 22.7. The molecule has 18 heteroatoms. The molecular formula is C32H47ClN14O3. The predicted molar refractivity (Wildman–Crippen MR) is 187 cm³/mol. The van der Waals surface area contributed by atoms with E-state index in [-0.39, 0.29) is 27.9 Å². The minimum Gasteiger partial charge on any atom is -0.358 e. The predicted octanol–water partition coefficient (Wildman–Crippen LogP) is 1.42. The maximum Gasteiger partial charge on any atom is 0.255 e. The number of pyridine rings is 1. The number of amides is 2. The molecule has 3 atom stereocenters. The van der Waals surface area contributed by atoms with Gasteiger partial charge in [0.15, 0.2) is 12.0 Å².